The number of nitrogens with zero attached hydrogens (tertiary/aromatic N) is 2. The molecule has 1 atom stereocenters. The molecule has 0 radical (unpaired) electrons. The van der Waals surface area contributed by atoms with Crippen LogP contribution < -0.4 is 0 Å². The average Bonchev–Trinajstić information content (AvgIpc) is 2.65. The molecule has 1 aliphatic heterocycles. The molecule has 6 heteroatoms. The molecule has 1 aromatic heterocycles. The van der Waals surface area contributed by atoms with Crippen molar-refractivity contribution in [3.63, 3.8) is 0 Å². The van der Waals surface area contributed by atoms with Crippen molar-refractivity contribution >= 4 is 34.9 Å². The van der Waals surface area contributed by atoms with E-state index in [0.717, 1.165) is 37.3 Å². The summed E-state index contributed by atoms with van der Waals surface area (Å²) in [6, 6.07) is 5.78. The van der Waals surface area contributed by atoms with Gasteiger partial charge in [-0.05, 0) is 37.5 Å². The van der Waals surface area contributed by atoms with Crippen LogP contribution in [-0.4, -0.2) is 47.3 Å². The zero-order chi connectivity index (χ0) is 13.4. The summed E-state index contributed by atoms with van der Waals surface area (Å²) in [6.07, 6.45) is 0.181. The van der Waals surface area contributed by atoms with Crippen molar-refractivity contribution in [1.29, 1.82) is 0 Å². The van der Waals surface area contributed by atoms with E-state index in [2.05, 4.69) is 21.5 Å². The highest BCUT2D eigenvalue weighted by Gasteiger charge is 2.19. The van der Waals surface area contributed by atoms with E-state index in [1.165, 1.54) is 0 Å². The molecule has 3 rings (SSSR count). The molecule has 0 saturated carbocycles. The van der Waals surface area contributed by atoms with Crippen molar-refractivity contribution in [1.82, 2.24) is 14.5 Å². The summed E-state index contributed by atoms with van der Waals surface area (Å²) in [5, 5.41) is 0.713. The molecule has 1 aliphatic rings. The van der Waals surface area contributed by atoms with Crippen LogP contribution in [0, 0.1) is 4.77 Å². The number of aromatic amines is 1. The van der Waals surface area contributed by atoms with Crippen LogP contribution in [0.1, 0.15) is 0 Å². The summed E-state index contributed by atoms with van der Waals surface area (Å²) < 4.78 is 8.61. The highest BCUT2D eigenvalue weighted by atomic mass is 35.5. The number of ether oxygens (including phenoxy) is 1. The zero-order valence-electron chi connectivity index (χ0n) is 10.7. The Hall–Kier alpha value is -0.880. The number of aromatic nitrogens is 2. The second-order valence-electron chi connectivity index (χ2n) is 4.96. The lowest BCUT2D eigenvalue weighted by atomic mass is 10.2. The van der Waals surface area contributed by atoms with Gasteiger partial charge in [0.05, 0.1) is 30.3 Å². The van der Waals surface area contributed by atoms with Gasteiger partial charge in [0.25, 0.3) is 0 Å². The maximum absolute atomic E-state index is 6.00. The number of rotatable bonds is 2. The number of morpholine rings is 1. The Labute approximate surface area is 121 Å². The molecule has 1 N–H and O–H groups in total. The number of imidazole rings is 1. The number of fused-ring (bicyclic) bond motifs is 1. The molecule has 2 heterocycles. The number of likely N-dealkylation sites (N-methyl/N-ethyl adjacent to an activating group) is 1. The molecular weight excluding hydrogens is 282 g/mol. The van der Waals surface area contributed by atoms with Crippen LogP contribution in [0.2, 0.25) is 5.02 Å². The van der Waals surface area contributed by atoms with Crippen molar-refractivity contribution in [3.8, 4) is 0 Å². The van der Waals surface area contributed by atoms with Crippen LogP contribution in [0.5, 0.6) is 0 Å². The predicted octanol–water partition coefficient (Wildman–Crippen LogP) is 2.68. The third-order valence-electron chi connectivity index (χ3n) is 3.46. The van der Waals surface area contributed by atoms with Gasteiger partial charge in [-0.2, -0.15) is 0 Å². The fourth-order valence-electron chi connectivity index (χ4n) is 2.50. The molecule has 102 valence electrons. The molecular formula is C13H16ClN3OS. The highest BCUT2D eigenvalue weighted by molar-refractivity contribution is 7.71. The standard InChI is InChI=1S/C13H16ClN3OS/c1-16-4-5-18-10(7-16)8-17-12-3-2-9(14)6-11(12)15-13(17)19/h2-3,6,10H,4-5,7-8H2,1H3,(H,15,19). The fraction of sp³-hybridized carbons (Fsp3) is 0.462. The van der Waals surface area contributed by atoms with E-state index in [1.807, 2.05) is 18.2 Å². The summed E-state index contributed by atoms with van der Waals surface area (Å²) in [7, 11) is 2.11. The van der Waals surface area contributed by atoms with E-state index in [1.54, 1.807) is 0 Å². The van der Waals surface area contributed by atoms with Crippen molar-refractivity contribution in [2.45, 2.75) is 12.6 Å². The summed E-state index contributed by atoms with van der Waals surface area (Å²) >= 11 is 11.4. The Balaban J connectivity index is 1.92. The van der Waals surface area contributed by atoms with Crippen LogP contribution in [0.25, 0.3) is 11.0 Å². The van der Waals surface area contributed by atoms with Crippen molar-refractivity contribution < 1.29 is 4.74 Å². The quantitative estimate of drug-likeness (QED) is 0.865. The topological polar surface area (TPSA) is 33.2 Å². The zero-order valence-corrected chi connectivity index (χ0v) is 12.3. The third-order valence-corrected chi connectivity index (χ3v) is 4.02. The number of halogens is 1. The maximum atomic E-state index is 6.00. The molecule has 19 heavy (non-hydrogen) atoms. The number of H-pyrrole nitrogens is 1. The highest BCUT2D eigenvalue weighted by Crippen LogP contribution is 2.20. The van der Waals surface area contributed by atoms with Crippen LogP contribution in [0.4, 0.5) is 0 Å². The van der Waals surface area contributed by atoms with Gasteiger partial charge in [-0.3, -0.25) is 0 Å². The number of benzene rings is 1. The van der Waals surface area contributed by atoms with E-state index in [4.69, 9.17) is 28.6 Å². The lowest BCUT2D eigenvalue weighted by Crippen LogP contribution is -2.41. The van der Waals surface area contributed by atoms with Gasteiger partial charge < -0.3 is 19.2 Å². The van der Waals surface area contributed by atoms with E-state index < -0.39 is 0 Å². The fourth-order valence-corrected chi connectivity index (χ4v) is 2.95. The van der Waals surface area contributed by atoms with Gasteiger partial charge in [0.15, 0.2) is 4.77 Å². The van der Waals surface area contributed by atoms with E-state index >= 15 is 0 Å². The Kier molecular flexibility index (Phi) is 3.62. The lowest BCUT2D eigenvalue weighted by molar-refractivity contribution is -0.0271. The first-order valence-corrected chi connectivity index (χ1v) is 7.10. The number of hydrogen-bond donors (Lipinski definition) is 1. The monoisotopic (exact) mass is 297 g/mol. The van der Waals surface area contributed by atoms with Crippen molar-refractivity contribution in [2.24, 2.45) is 0 Å². The van der Waals surface area contributed by atoms with Crippen LogP contribution >= 0.6 is 23.8 Å². The molecule has 1 saturated heterocycles. The molecule has 0 spiro atoms. The molecule has 4 nitrogen and oxygen atoms in total. The van der Waals surface area contributed by atoms with E-state index in [-0.39, 0.29) is 6.10 Å². The first kappa shape index (κ1) is 13.1. The lowest BCUT2D eigenvalue weighted by Gasteiger charge is -2.30. The second-order valence-corrected chi connectivity index (χ2v) is 5.78. The van der Waals surface area contributed by atoms with Crippen LogP contribution in [-0.2, 0) is 11.3 Å². The van der Waals surface area contributed by atoms with Crippen LogP contribution in [0.15, 0.2) is 18.2 Å². The van der Waals surface area contributed by atoms with Gasteiger partial charge in [-0.1, -0.05) is 11.6 Å². The summed E-state index contributed by atoms with van der Waals surface area (Å²) in [4.78, 5) is 5.47. The molecule has 1 aromatic carbocycles. The maximum Gasteiger partial charge on any atom is 0.178 e. The van der Waals surface area contributed by atoms with Gasteiger partial charge in [-0.25, -0.2) is 0 Å². The molecule has 0 aliphatic carbocycles. The largest absolute Gasteiger partial charge is 0.374 e. The van der Waals surface area contributed by atoms with Crippen molar-refractivity contribution in [2.75, 3.05) is 26.7 Å². The predicted molar refractivity (Wildman–Crippen MR) is 79.4 cm³/mol. The second kappa shape index (κ2) is 5.25. The van der Waals surface area contributed by atoms with Gasteiger partial charge in [0.2, 0.25) is 0 Å². The number of hydrogen-bond acceptors (Lipinski definition) is 3. The van der Waals surface area contributed by atoms with Gasteiger partial charge in [0.1, 0.15) is 0 Å². The summed E-state index contributed by atoms with van der Waals surface area (Å²) in [5.74, 6) is 0. The molecule has 2 aromatic rings. The average molecular weight is 298 g/mol. The molecule has 1 unspecified atom stereocenters. The van der Waals surface area contributed by atoms with Gasteiger partial charge >= 0.3 is 0 Å². The third kappa shape index (κ3) is 2.69. The Morgan fingerprint density at radius 2 is 2.37 bits per heavy atom. The molecule has 0 bridgehead atoms. The minimum atomic E-state index is 0.181. The summed E-state index contributed by atoms with van der Waals surface area (Å²) in [6.45, 7) is 3.47. The summed E-state index contributed by atoms with van der Waals surface area (Å²) in [5.41, 5.74) is 2.05. The minimum Gasteiger partial charge on any atom is -0.374 e. The smallest absolute Gasteiger partial charge is 0.178 e. The van der Waals surface area contributed by atoms with Crippen LogP contribution in [0.3, 0.4) is 0 Å². The van der Waals surface area contributed by atoms with E-state index in [9.17, 15) is 0 Å². The number of nitrogens with one attached hydrogen (secondary N) is 1. The molecule has 1 fully saturated rings. The van der Waals surface area contributed by atoms with E-state index in [0.29, 0.717) is 9.79 Å². The van der Waals surface area contributed by atoms with Gasteiger partial charge in [0, 0.05) is 18.1 Å². The Morgan fingerprint density at radius 3 is 3.16 bits per heavy atom. The van der Waals surface area contributed by atoms with Gasteiger partial charge in [-0.15, -0.1) is 0 Å². The SMILES string of the molecule is CN1CCOC(Cn2c(=S)[nH]c3cc(Cl)ccc32)C1. The first-order valence-electron chi connectivity index (χ1n) is 6.32. The van der Waals surface area contributed by atoms with Crippen molar-refractivity contribution in [3.05, 3.63) is 28.0 Å². The first-order chi connectivity index (χ1) is 9.13. The molecule has 0 amide bonds. The Bertz CT molecular complexity index is 651. The minimum absolute atomic E-state index is 0.181. The normalized spacial score (nSPS) is 21.1. The Morgan fingerprint density at radius 1 is 1.53 bits per heavy atom.